The second-order valence-electron chi connectivity index (χ2n) is 7.37. The van der Waals surface area contributed by atoms with E-state index in [2.05, 4.69) is 47.6 Å². The minimum absolute atomic E-state index is 0.518. The van der Waals surface area contributed by atoms with Gasteiger partial charge in [-0.25, -0.2) is 0 Å². The first kappa shape index (κ1) is 15.1. The molecule has 1 N–H and O–H groups in total. The van der Waals surface area contributed by atoms with Crippen LogP contribution in [0.25, 0.3) is 0 Å². The summed E-state index contributed by atoms with van der Waals surface area (Å²) in [5.74, 6) is 0. The third-order valence-electron chi connectivity index (χ3n) is 5.16. The van der Waals surface area contributed by atoms with Crippen LogP contribution in [-0.2, 0) is 6.54 Å². The zero-order chi connectivity index (χ0) is 14.5. The molecule has 2 nitrogen and oxygen atoms in total. The second-order valence-corrected chi connectivity index (χ2v) is 7.37. The summed E-state index contributed by atoms with van der Waals surface area (Å²) >= 11 is 0. The van der Waals surface area contributed by atoms with Crippen LogP contribution in [0, 0.1) is 5.41 Å². The molecule has 0 heterocycles. The van der Waals surface area contributed by atoms with Crippen molar-refractivity contribution in [3.8, 4) is 0 Å². The molecule has 2 fully saturated rings. The molecule has 0 saturated heterocycles. The Bertz CT molecular complexity index is 418. The van der Waals surface area contributed by atoms with Gasteiger partial charge in [-0.15, -0.1) is 0 Å². The monoisotopic (exact) mass is 286 g/mol. The summed E-state index contributed by atoms with van der Waals surface area (Å²) in [6.07, 6.45) is 9.90. The molecule has 0 bridgehead atoms. The maximum atomic E-state index is 3.81. The van der Waals surface area contributed by atoms with E-state index < -0.39 is 0 Å². The number of hydrogen-bond acceptors (Lipinski definition) is 2. The molecule has 0 aliphatic heterocycles. The van der Waals surface area contributed by atoms with Gasteiger partial charge in [0.15, 0.2) is 0 Å². The molecule has 116 valence electrons. The van der Waals surface area contributed by atoms with E-state index in [0.717, 1.165) is 12.6 Å². The van der Waals surface area contributed by atoms with Gasteiger partial charge in [-0.1, -0.05) is 49.6 Å². The highest BCUT2D eigenvalue weighted by atomic mass is 15.1. The van der Waals surface area contributed by atoms with Crippen LogP contribution < -0.4 is 5.32 Å². The van der Waals surface area contributed by atoms with Crippen LogP contribution in [0.1, 0.15) is 50.5 Å². The number of hydrogen-bond donors (Lipinski definition) is 1. The van der Waals surface area contributed by atoms with Crippen LogP contribution in [0.4, 0.5) is 0 Å². The maximum Gasteiger partial charge on any atom is 0.0230 e. The van der Waals surface area contributed by atoms with Crippen LogP contribution in [0.3, 0.4) is 0 Å². The van der Waals surface area contributed by atoms with Gasteiger partial charge in [-0.3, -0.25) is 0 Å². The summed E-state index contributed by atoms with van der Waals surface area (Å²) in [6, 6.07) is 11.7. The molecule has 1 aromatic carbocycles. The lowest BCUT2D eigenvalue weighted by molar-refractivity contribution is 0.113. The summed E-state index contributed by atoms with van der Waals surface area (Å²) in [5.41, 5.74) is 1.95. The van der Waals surface area contributed by atoms with Crippen molar-refractivity contribution in [2.24, 2.45) is 5.41 Å². The van der Waals surface area contributed by atoms with Crippen molar-refractivity contribution in [1.82, 2.24) is 10.2 Å². The first-order valence-corrected chi connectivity index (χ1v) is 8.72. The molecular formula is C19H30N2. The van der Waals surface area contributed by atoms with Gasteiger partial charge >= 0.3 is 0 Å². The van der Waals surface area contributed by atoms with Crippen LogP contribution in [-0.4, -0.2) is 31.1 Å². The van der Waals surface area contributed by atoms with Crippen LogP contribution in [0.5, 0.6) is 0 Å². The Morgan fingerprint density at radius 3 is 2.48 bits per heavy atom. The van der Waals surface area contributed by atoms with Gasteiger partial charge in [-0.2, -0.15) is 0 Å². The summed E-state index contributed by atoms with van der Waals surface area (Å²) in [5, 5.41) is 3.81. The second kappa shape index (κ2) is 6.93. The molecule has 2 heteroatoms. The molecule has 2 aliphatic carbocycles. The zero-order valence-electron chi connectivity index (χ0n) is 13.5. The third kappa shape index (κ3) is 4.55. The van der Waals surface area contributed by atoms with Crippen LogP contribution >= 0.6 is 0 Å². The Hall–Kier alpha value is -0.860. The van der Waals surface area contributed by atoms with Crippen molar-refractivity contribution in [3.63, 3.8) is 0 Å². The van der Waals surface area contributed by atoms with Crippen LogP contribution in [0.15, 0.2) is 30.3 Å². The number of benzene rings is 1. The van der Waals surface area contributed by atoms with E-state index in [1.54, 1.807) is 0 Å². The Morgan fingerprint density at radius 2 is 1.81 bits per heavy atom. The van der Waals surface area contributed by atoms with Gasteiger partial charge in [0, 0.05) is 25.7 Å². The molecular weight excluding hydrogens is 256 g/mol. The van der Waals surface area contributed by atoms with Crippen molar-refractivity contribution < 1.29 is 0 Å². The maximum absolute atomic E-state index is 3.81. The molecule has 1 aromatic rings. The fourth-order valence-corrected chi connectivity index (χ4v) is 3.86. The lowest BCUT2D eigenvalue weighted by atomic mass is 9.73. The quantitative estimate of drug-likeness (QED) is 0.819. The topological polar surface area (TPSA) is 15.3 Å². The molecule has 3 rings (SSSR count). The molecule has 0 spiro atoms. The van der Waals surface area contributed by atoms with E-state index in [1.165, 1.54) is 63.6 Å². The fourth-order valence-electron chi connectivity index (χ4n) is 3.86. The lowest BCUT2D eigenvalue weighted by Gasteiger charge is -2.40. The summed E-state index contributed by atoms with van der Waals surface area (Å²) < 4.78 is 0. The fraction of sp³-hybridized carbons (Fsp3) is 0.684. The van der Waals surface area contributed by atoms with E-state index in [9.17, 15) is 0 Å². The normalized spacial score (nSPS) is 21.6. The van der Waals surface area contributed by atoms with Gasteiger partial charge in [0.1, 0.15) is 0 Å². The average Bonchev–Trinajstić information content (AvgIpc) is 3.31. The van der Waals surface area contributed by atoms with Crippen molar-refractivity contribution in [1.29, 1.82) is 0 Å². The van der Waals surface area contributed by atoms with E-state index in [4.69, 9.17) is 0 Å². The predicted molar refractivity (Wildman–Crippen MR) is 89.3 cm³/mol. The molecule has 2 saturated carbocycles. The van der Waals surface area contributed by atoms with Crippen molar-refractivity contribution in [2.75, 3.05) is 20.1 Å². The van der Waals surface area contributed by atoms with E-state index in [1.807, 2.05) is 0 Å². The van der Waals surface area contributed by atoms with E-state index in [0.29, 0.717) is 5.41 Å². The largest absolute Gasteiger partial charge is 0.313 e. The zero-order valence-corrected chi connectivity index (χ0v) is 13.5. The Kier molecular flexibility index (Phi) is 4.97. The van der Waals surface area contributed by atoms with Crippen LogP contribution in [0.2, 0.25) is 0 Å². The molecule has 0 amide bonds. The predicted octanol–water partition coefficient (Wildman–Crippen LogP) is 3.82. The summed E-state index contributed by atoms with van der Waals surface area (Å²) in [6.45, 7) is 3.55. The molecule has 0 atom stereocenters. The van der Waals surface area contributed by atoms with Gasteiger partial charge in [0.2, 0.25) is 0 Å². The highest BCUT2D eigenvalue weighted by molar-refractivity contribution is 5.14. The Morgan fingerprint density at radius 1 is 1.10 bits per heavy atom. The third-order valence-corrected chi connectivity index (χ3v) is 5.16. The minimum atomic E-state index is 0.518. The number of nitrogens with zero attached hydrogens (tertiary/aromatic N) is 1. The van der Waals surface area contributed by atoms with Crippen molar-refractivity contribution in [3.05, 3.63) is 35.9 Å². The highest BCUT2D eigenvalue weighted by Crippen LogP contribution is 2.37. The smallest absolute Gasteiger partial charge is 0.0230 e. The molecule has 0 unspecified atom stereocenters. The van der Waals surface area contributed by atoms with E-state index >= 15 is 0 Å². The first-order valence-electron chi connectivity index (χ1n) is 8.72. The highest BCUT2D eigenvalue weighted by Gasteiger charge is 2.34. The van der Waals surface area contributed by atoms with E-state index in [-0.39, 0.29) is 0 Å². The van der Waals surface area contributed by atoms with Gasteiger partial charge in [0.05, 0.1) is 0 Å². The molecule has 0 radical (unpaired) electrons. The van der Waals surface area contributed by atoms with Gasteiger partial charge < -0.3 is 10.2 Å². The molecule has 0 aromatic heterocycles. The Labute approximate surface area is 129 Å². The molecule has 2 aliphatic rings. The standard InChI is InChI=1S/C19H30N2/c1-21(14-17-8-4-2-5-9-17)16-19(12-6-3-7-13-19)15-20-18-10-11-18/h2,4-5,8-9,18,20H,3,6-7,10-16H2,1H3. The van der Waals surface area contributed by atoms with Gasteiger partial charge in [-0.05, 0) is 43.7 Å². The van der Waals surface area contributed by atoms with Gasteiger partial charge in [0.25, 0.3) is 0 Å². The lowest BCUT2D eigenvalue weighted by Crippen LogP contribution is -2.44. The number of nitrogens with one attached hydrogen (secondary N) is 1. The number of rotatable bonds is 7. The van der Waals surface area contributed by atoms with Crippen molar-refractivity contribution >= 4 is 0 Å². The van der Waals surface area contributed by atoms with Crippen molar-refractivity contribution in [2.45, 2.75) is 57.5 Å². The molecule has 21 heavy (non-hydrogen) atoms. The Balaban J connectivity index is 1.57. The average molecular weight is 286 g/mol. The summed E-state index contributed by atoms with van der Waals surface area (Å²) in [4.78, 5) is 2.54. The minimum Gasteiger partial charge on any atom is -0.313 e. The SMILES string of the molecule is CN(Cc1ccccc1)CC1(CNC2CC2)CCCCC1. The summed E-state index contributed by atoms with van der Waals surface area (Å²) in [7, 11) is 2.29. The first-order chi connectivity index (χ1) is 10.3.